The Morgan fingerprint density at radius 2 is 1.33 bits per heavy atom. The maximum Gasteiger partial charge on any atom is 0.407 e. The maximum absolute atomic E-state index is 14.7. The van der Waals surface area contributed by atoms with E-state index in [4.69, 9.17) is 28.9 Å². The van der Waals surface area contributed by atoms with Crippen LogP contribution in [0.2, 0.25) is 0 Å². The third kappa shape index (κ3) is 7.87. The Bertz CT molecular complexity index is 2660. The highest BCUT2D eigenvalue weighted by Gasteiger charge is 2.86. The summed E-state index contributed by atoms with van der Waals surface area (Å²) in [5, 5.41) is 7.94. The van der Waals surface area contributed by atoms with E-state index in [-0.39, 0.29) is 77.8 Å². The fourth-order valence-corrected chi connectivity index (χ4v) is 13.6. The number of carbonyl (C=O) groups excluding carboxylic acids is 4. The van der Waals surface area contributed by atoms with Crippen LogP contribution in [0.5, 0.6) is 0 Å². The van der Waals surface area contributed by atoms with Gasteiger partial charge in [-0.25, -0.2) is 19.6 Å². The third-order valence-electron chi connectivity index (χ3n) is 16.6. The van der Waals surface area contributed by atoms with Gasteiger partial charge in [-0.05, 0) is 142 Å². The number of fused-ring (bicyclic) bond motifs is 3. The van der Waals surface area contributed by atoms with Crippen LogP contribution in [-0.2, 0) is 28.5 Å². The van der Waals surface area contributed by atoms with Gasteiger partial charge >= 0.3 is 12.2 Å². The normalized spacial score (nSPS) is 36.1. The average molecular weight is 912 g/mol. The molecular formula is C52H61N7O8. The SMILES string of the molecule is COC(=O)NC(C(=O)C1[C@@H]2[C@H](C)[C@@H]2C[C@H]1c1ncc(-c2ccc3cc(C#Cc4cnc([C@@H]5C6C7C([C@H]76)N5C(=O)C(NC(=O)OC)C5C[C@@H](C)O[C@@H](C)C5)[nH]4)ccc3c2)[nH]1)C1C[C@@H](C)O[C@@H](C)C1. The van der Waals surface area contributed by atoms with Gasteiger partial charge in [-0.1, -0.05) is 31.0 Å². The van der Waals surface area contributed by atoms with Gasteiger partial charge in [0, 0.05) is 29.0 Å². The highest BCUT2D eigenvalue weighted by molar-refractivity contribution is 5.92. The lowest BCUT2D eigenvalue weighted by atomic mass is 9.76. The van der Waals surface area contributed by atoms with E-state index in [9.17, 15) is 19.2 Å². The molecule has 4 N–H and O–H groups in total. The van der Waals surface area contributed by atoms with Crippen LogP contribution in [0.1, 0.15) is 102 Å². The fourth-order valence-electron chi connectivity index (χ4n) is 13.6. The van der Waals surface area contributed by atoms with E-state index in [1.165, 1.54) is 14.2 Å². The van der Waals surface area contributed by atoms with Gasteiger partial charge in [0.1, 0.15) is 23.4 Å². The molecule has 0 spiro atoms. The van der Waals surface area contributed by atoms with E-state index in [1.807, 2.05) is 44.9 Å². The van der Waals surface area contributed by atoms with Crippen LogP contribution in [0.4, 0.5) is 9.59 Å². The number of aromatic nitrogens is 4. The summed E-state index contributed by atoms with van der Waals surface area (Å²) in [5.41, 5.74) is 3.41. The number of nitrogens with zero attached hydrogens (tertiary/aromatic N) is 3. The Balaban J connectivity index is 0.780. The molecule has 0 radical (unpaired) electrons. The summed E-state index contributed by atoms with van der Waals surface area (Å²) in [6.45, 7) is 10.3. The summed E-state index contributed by atoms with van der Waals surface area (Å²) < 4.78 is 21.9. The molecule has 12 rings (SSSR count). The first kappa shape index (κ1) is 43.8. The molecule has 4 saturated carbocycles. The molecule has 4 aliphatic carbocycles. The zero-order valence-corrected chi connectivity index (χ0v) is 39.2. The number of hydrogen-bond acceptors (Lipinski definition) is 10. The van der Waals surface area contributed by atoms with Gasteiger partial charge in [0.25, 0.3) is 0 Å². The summed E-state index contributed by atoms with van der Waals surface area (Å²) >= 11 is 0. The molecule has 15 heteroatoms. The van der Waals surface area contributed by atoms with Gasteiger partial charge in [0.05, 0.1) is 68.8 Å². The van der Waals surface area contributed by atoms with E-state index < -0.39 is 24.3 Å². The number of benzene rings is 2. The minimum atomic E-state index is -0.706. The lowest BCUT2D eigenvalue weighted by Crippen LogP contribution is -2.54. The smallest absolute Gasteiger partial charge is 0.407 e. The molecule has 15 nitrogen and oxygen atoms in total. The summed E-state index contributed by atoms with van der Waals surface area (Å²) in [6.07, 6.45) is 6.01. The summed E-state index contributed by atoms with van der Waals surface area (Å²) in [4.78, 5) is 72.9. The molecule has 8 unspecified atom stereocenters. The van der Waals surface area contributed by atoms with Crippen molar-refractivity contribution in [1.82, 2.24) is 35.5 Å². The molecule has 6 heterocycles. The zero-order valence-electron chi connectivity index (χ0n) is 39.2. The number of methoxy groups -OCH3 is 2. The van der Waals surface area contributed by atoms with Gasteiger partial charge in [0.15, 0.2) is 5.78 Å². The van der Waals surface area contributed by atoms with Gasteiger partial charge in [-0.15, -0.1) is 0 Å². The molecule has 18 atom stereocenters. The number of H-pyrrole nitrogens is 2. The van der Waals surface area contributed by atoms with Crippen LogP contribution >= 0.6 is 0 Å². The second-order valence-corrected chi connectivity index (χ2v) is 20.9. The number of imidazole rings is 2. The van der Waals surface area contributed by atoms with Crippen molar-refractivity contribution in [2.24, 2.45) is 53.3 Å². The quantitative estimate of drug-likeness (QED) is 0.122. The molecular weight excluding hydrogens is 851 g/mol. The number of carbonyl (C=O) groups is 4. The van der Waals surface area contributed by atoms with Crippen LogP contribution in [0.3, 0.4) is 0 Å². The minimum absolute atomic E-state index is 0.00315. The Hall–Kier alpha value is -5.72. The Morgan fingerprint density at radius 1 is 0.716 bits per heavy atom. The maximum atomic E-state index is 14.7. The third-order valence-corrected chi connectivity index (χ3v) is 16.6. The molecule has 67 heavy (non-hydrogen) atoms. The zero-order chi connectivity index (χ0) is 46.6. The van der Waals surface area contributed by atoms with Crippen molar-refractivity contribution in [2.75, 3.05) is 14.2 Å². The van der Waals surface area contributed by atoms with E-state index in [0.29, 0.717) is 61.0 Å². The number of Topliss-reactive ketones (excluding diaryl/α,β-unsaturated/α-hetero) is 1. The molecule has 4 saturated heterocycles. The molecule has 8 aliphatic rings. The van der Waals surface area contributed by atoms with Gasteiger partial charge < -0.3 is 44.4 Å². The predicted octanol–water partition coefficient (Wildman–Crippen LogP) is 6.89. The summed E-state index contributed by atoms with van der Waals surface area (Å²) in [5.74, 6) is 10.2. The molecule has 4 aromatic rings. The van der Waals surface area contributed by atoms with E-state index in [2.05, 4.69) is 69.7 Å². The van der Waals surface area contributed by atoms with E-state index in [0.717, 1.165) is 45.7 Å². The Morgan fingerprint density at radius 3 is 2.00 bits per heavy atom. The molecule has 2 aromatic carbocycles. The van der Waals surface area contributed by atoms with Crippen LogP contribution in [0.25, 0.3) is 22.0 Å². The predicted molar refractivity (Wildman–Crippen MR) is 246 cm³/mol. The summed E-state index contributed by atoms with van der Waals surface area (Å²) in [6, 6.07) is 11.1. The lowest BCUT2D eigenvalue weighted by molar-refractivity contribution is -0.139. The molecule has 4 aliphatic heterocycles. The largest absolute Gasteiger partial charge is 0.453 e. The highest BCUT2D eigenvalue weighted by atomic mass is 16.5. The Kier molecular flexibility index (Phi) is 11.0. The monoisotopic (exact) mass is 911 g/mol. The molecule has 2 bridgehead atoms. The lowest BCUT2D eigenvalue weighted by Gasteiger charge is -2.38. The Labute approximate surface area is 390 Å². The fraction of sp³-hybridized carbons (Fsp3) is 0.577. The number of ketones is 1. The van der Waals surface area contributed by atoms with Crippen LogP contribution < -0.4 is 10.6 Å². The summed E-state index contributed by atoms with van der Waals surface area (Å²) in [7, 11) is 2.66. The number of ether oxygens (including phenoxy) is 4. The average Bonchev–Trinajstić information content (AvgIpc) is 3.97. The number of rotatable bonds is 10. The molecule has 352 valence electrons. The van der Waals surface area contributed by atoms with Gasteiger partial charge in [0.2, 0.25) is 5.91 Å². The number of hydrogen-bond donors (Lipinski definition) is 4. The second-order valence-electron chi connectivity index (χ2n) is 20.9. The van der Waals surface area contributed by atoms with Crippen molar-refractivity contribution < 1.29 is 38.1 Å². The highest BCUT2D eigenvalue weighted by Crippen LogP contribution is 2.81. The van der Waals surface area contributed by atoms with Crippen molar-refractivity contribution in [2.45, 2.75) is 121 Å². The van der Waals surface area contributed by atoms with E-state index in [1.54, 1.807) is 6.20 Å². The number of piperidine rings is 1. The topological polar surface area (TPSA) is 190 Å². The molecule has 8 fully saturated rings. The van der Waals surface area contributed by atoms with Crippen LogP contribution in [0.15, 0.2) is 48.8 Å². The van der Waals surface area contributed by atoms with Crippen molar-refractivity contribution >= 4 is 34.6 Å². The number of nitrogens with one attached hydrogen (secondary N) is 4. The second kappa shape index (κ2) is 16.8. The van der Waals surface area contributed by atoms with Crippen LogP contribution in [-0.4, -0.2) is 105 Å². The standard InChI is InChI=1S/C52H61N7O8/c1-23-14-32(15-24(2)66-23)43(57-51(62)64-6)47(60)39-36(20-35-27(5)38(35)39)48-54-22-37(56-48)31-12-11-29-18-28(8-10-30(29)19-31)9-13-34-21-53-49(55-34)46-42-40-41(42)45(40)59(46)50(61)44(58-52(63)65-7)33-16-25(3)67-26(4)17-33/h8,10-12,18-19,21-27,32-33,35-36,38-46H,14-17,20H2,1-7H3,(H,53,55)(H,54,56)(H,57,62)(H,58,63)/t23-,24+,25-,26+,27-,32?,33?,35+,36-,38-,39?,40-,41?,42?,43?,44?,45?,46+/m1/s1. The number of amides is 3. The van der Waals surface area contributed by atoms with Crippen molar-refractivity contribution in [3.8, 4) is 23.1 Å². The van der Waals surface area contributed by atoms with Crippen molar-refractivity contribution in [1.29, 1.82) is 0 Å². The minimum Gasteiger partial charge on any atom is -0.453 e. The number of aromatic amines is 2. The van der Waals surface area contributed by atoms with Gasteiger partial charge in [-0.3, -0.25) is 9.59 Å². The van der Waals surface area contributed by atoms with Crippen molar-refractivity contribution in [3.63, 3.8) is 0 Å². The van der Waals surface area contributed by atoms with Gasteiger partial charge in [-0.2, -0.15) is 0 Å². The number of alkyl carbamates (subject to hydrolysis) is 2. The first-order valence-corrected chi connectivity index (χ1v) is 24.3. The van der Waals surface area contributed by atoms with E-state index >= 15 is 0 Å². The first-order chi connectivity index (χ1) is 32.3. The first-order valence-electron chi connectivity index (χ1n) is 24.3. The molecule has 3 amide bonds. The van der Waals surface area contributed by atoms with Crippen LogP contribution in [0, 0.1) is 65.1 Å². The molecule has 2 aromatic heterocycles. The van der Waals surface area contributed by atoms with Crippen molar-refractivity contribution in [3.05, 3.63) is 71.7 Å².